The van der Waals surface area contributed by atoms with Gasteiger partial charge in [-0.25, -0.2) is 4.79 Å². The van der Waals surface area contributed by atoms with E-state index in [9.17, 15) is 9.59 Å². The lowest BCUT2D eigenvalue weighted by Crippen LogP contribution is -2.53. The fourth-order valence-electron chi connectivity index (χ4n) is 2.21. The molecule has 4 nitrogen and oxygen atoms in total. The maximum atomic E-state index is 12.0. The van der Waals surface area contributed by atoms with Gasteiger partial charge in [0.1, 0.15) is 17.4 Å². The first kappa shape index (κ1) is 14.0. The molecule has 0 aromatic heterocycles. The zero-order valence-electron chi connectivity index (χ0n) is 11.3. The van der Waals surface area contributed by atoms with Crippen molar-refractivity contribution in [3.05, 3.63) is 0 Å². The van der Waals surface area contributed by atoms with Crippen molar-refractivity contribution in [2.75, 3.05) is 7.05 Å². The minimum Gasteiger partial charge on any atom is -0.444 e. The van der Waals surface area contributed by atoms with E-state index in [-0.39, 0.29) is 0 Å². The topological polar surface area (TPSA) is 46.6 Å². The highest BCUT2D eigenvalue weighted by Gasteiger charge is 2.40. The first-order valence-corrected chi connectivity index (χ1v) is 6.24. The van der Waals surface area contributed by atoms with E-state index in [1.807, 2.05) is 20.8 Å². The van der Waals surface area contributed by atoms with Crippen molar-refractivity contribution in [1.29, 1.82) is 0 Å². The zero-order chi connectivity index (χ0) is 13.1. The normalized spacial score (nSPS) is 19.5. The van der Waals surface area contributed by atoms with Crippen LogP contribution in [-0.4, -0.2) is 35.5 Å². The van der Waals surface area contributed by atoms with Crippen LogP contribution < -0.4 is 0 Å². The lowest BCUT2D eigenvalue weighted by atomic mass is 9.82. The average Bonchev–Trinajstić information content (AvgIpc) is 2.26. The van der Waals surface area contributed by atoms with Crippen LogP contribution in [0.3, 0.4) is 0 Å². The van der Waals surface area contributed by atoms with Crippen molar-refractivity contribution in [3.8, 4) is 0 Å². The summed E-state index contributed by atoms with van der Waals surface area (Å²) in [6, 6.07) is 0. The second-order valence-corrected chi connectivity index (χ2v) is 5.82. The van der Waals surface area contributed by atoms with Gasteiger partial charge in [0, 0.05) is 7.05 Å². The summed E-state index contributed by atoms with van der Waals surface area (Å²) in [6.07, 6.45) is 5.11. The van der Waals surface area contributed by atoms with Gasteiger partial charge in [-0.3, -0.25) is 4.90 Å². The molecule has 0 spiro atoms. The number of carbonyl (C=O) groups excluding carboxylic acids is 2. The molecule has 1 aliphatic rings. The van der Waals surface area contributed by atoms with Crippen LogP contribution in [0.25, 0.3) is 0 Å². The molecule has 17 heavy (non-hydrogen) atoms. The van der Waals surface area contributed by atoms with Crippen LogP contribution in [0.15, 0.2) is 0 Å². The minimum atomic E-state index is -0.652. The van der Waals surface area contributed by atoms with Gasteiger partial charge in [-0.05, 0) is 33.6 Å². The second kappa shape index (κ2) is 5.07. The third-order valence-electron chi connectivity index (χ3n) is 3.27. The molecule has 1 aliphatic carbocycles. The highest BCUT2D eigenvalue weighted by molar-refractivity contribution is 5.76. The van der Waals surface area contributed by atoms with Crippen LogP contribution in [0.1, 0.15) is 52.9 Å². The summed E-state index contributed by atoms with van der Waals surface area (Å²) in [5, 5.41) is 0. The lowest BCUT2D eigenvalue weighted by Gasteiger charge is -2.40. The number of amides is 1. The largest absolute Gasteiger partial charge is 0.444 e. The van der Waals surface area contributed by atoms with Crippen LogP contribution >= 0.6 is 0 Å². The molecule has 0 bridgehead atoms. The molecule has 0 aromatic carbocycles. The number of hydrogen-bond acceptors (Lipinski definition) is 3. The number of carbonyl (C=O) groups is 2. The predicted octanol–water partition coefficient (Wildman–Crippen LogP) is 2.76. The first-order chi connectivity index (χ1) is 7.81. The Hall–Kier alpha value is -1.06. The maximum Gasteiger partial charge on any atom is 0.410 e. The number of nitrogens with zero attached hydrogens (tertiary/aromatic N) is 1. The molecule has 1 fully saturated rings. The zero-order valence-corrected chi connectivity index (χ0v) is 11.3. The molecule has 0 saturated heterocycles. The van der Waals surface area contributed by atoms with Crippen LogP contribution in [0.4, 0.5) is 4.79 Å². The number of ether oxygens (including phenoxy) is 1. The van der Waals surface area contributed by atoms with Gasteiger partial charge >= 0.3 is 6.09 Å². The van der Waals surface area contributed by atoms with Gasteiger partial charge in [0.2, 0.25) is 0 Å². The SMILES string of the molecule is CN(C(=O)OC(C)(C)C)C1(C=O)CCCCC1. The van der Waals surface area contributed by atoms with Crippen molar-refractivity contribution in [2.24, 2.45) is 0 Å². The number of rotatable bonds is 2. The fraction of sp³-hybridized carbons (Fsp3) is 0.846. The molecular formula is C13H23NO3. The van der Waals surface area contributed by atoms with Gasteiger partial charge in [0.25, 0.3) is 0 Å². The summed E-state index contributed by atoms with van der Waals surface area (Å²) in [7, 11) is 1.66. The Morgan fingerprint density at radius 1 is 1.24 bits per heavy atom. The Bertz CT molecular complexity index is 288. The number of aldehydes is 1. The van der Waals surface area contributed by atoms with E-state index < -0.39 is 17.2 Å². The predicted molar refractivity (Wildman–Crippen MR) is 65.9 cm³/mol. The summed E-state index contributed by atoms with van der Waals surface area (Å²) in [4.78, 5) is 24.8. The van der Waals surface area contributed by atoms with E-state index in [4.69, 9.17) is 4.74 Å². The Kier molecular flexibility index (Phi) is 4.17. The molecule has 0 radical (unpaired) electrons. The lowest BCUT2D eigenvalue weighted by molar-refractivity contribution is -0.119. The Morgan fingerprint density at radius 2 is 1.76 bits per heavy atom. The molecule has 0 heterocycles. The monoisotopic (exact) mass is 241 g/mol. The molecular weight excluding hydrogens is 218 g/mol. The molecule has 0 unspecified atom stereocenters. The molecule has 1 amide bonds. The van der Waals surface area contributed by atoms with E-state index in [0.717, 1.165) is 38.4 Å². The van der Waals surface area contributed by atoms with E-state index in [2.05, 4.69) is 0 Å². The first-order valence-electron chi connectivity index (χ1n) is 6.24. The molecule has 4 heteroatoms. The van der Waals surface area contributed by atoms with E-state index in [1.54, 1.807) is 7.05 Å². The number of likely N-dealkylation sites (N-methyl/N-ethyl adjacent to an activating group) is 1. The van der Waals surface area contributed by atoms with Gasteiger partial charge in [0.05, 0.1) is 0 Å². The van der Waals surface area contributed by atoms with Crippen molar-refractivity contribution in [3.63, 3.8) is 0 Å². The smallest absolute Gasteiger partial charge is 0.410 e. The van der Waals surface area contributed by atoms with E-state index in [1.165, 1.54) is 4.90 Å². The molecule has 0 atom stereocenters. The Morgan fingerprint density at radius 3 is 2.18 bits per heavy atom. The van der Waals surface area contributed by atoms with Crippen LogP contribution in [0.5, 0.6) is 0 Å². The van der Waals surface area contributed by atoms with Crippen molar-refractivity contribution >= 4 is 12.4 Å². The highest BCUT2D eigenvalue weighted by Crippen LogP contribution is 2.32. The van der Waals surface area contributed by atoms with Crippen molar-refractivity contribution < 1.29 is 14.3 Å². The standard InChI is InChI=1S/C13H23NO3/c1-12(2,3)17-11(16)14(4)13(10-15)8-6-5-7-9-13/h10H,5-9H2,1-4H3. The third-order valence-corrected chi connectivity index (χ3v) is 3.27. The highest BCUT2D eigenvalue weighted by atomic mass is 16.6. The quantitative estimate of drug-likeness (QED) is 0.698. The van der Waals surface area contributed by atoms with Crippen LogP contribution in [-0.2, 0) is 9.53 Å². The van der Waals surface area contributed by atoms with Crippen LogP contribution in [0.2, 0.25) is 0 Å². The molecule has 1 rings (SSSR count). The Labute approximate surface area is 103 Å². The van der Waals surface area contributed by atoms with Gasteiger partial charge in [-0.2, -0.15) is 0 Å². The Balaban J connectivity index is 2.75. The number of hydrogen-bond donors (Lipinski definition) is 0. The van der Waals surface area contributed by atoms with E-state index in [0.29, 0.717) is 0 Å². The van der Waals surface area contributed by atoms with Crippen molar-refractivity contribution in [1.82, 2.24) is 4.90 Å². The minimum absolute atomic E-state index is 0.411. The maximum absolute atomic E-state index is 12.0. The second-order valence-electron chi connectivity index (χ2n) is 5.82. The van der Waals surface area contributed by atoms with Gasteiger partial charge < -0.3 is 9.53 Å². The summed E-state index contributed by atoms with van der Waals surface area (Å²) >= 11 is 0. The third kappa shape index (κ3) is 3.45. The van der Waals surface area contributed by atoms with Gasteiger partial charge in [0.15, 0.2) is 0 Å². The summed E-state index contributed by atoms with van der Waals surface area (Å²) in [5.74, 6) is 0. The molecule has 0 N–H and O–H groups in total. The molecule has 0 aliphatic heterocycles. The summed E-state index contributed by atoms with van der Waals surface area (Å²) in [5.41, 5.74) is -1.18. The van der Waals surface area contributed by atoms with Gasteiger partial charge in [-0.1, -0.05) is 19.3 Å². The molecule has 1 saturated carbocycles. The van der Waals surface area contributed by atoms with Gasteiger partial charge in [-0.15, -0.1) is 0 Å². The fourth-order valence-corrected chi connectivity index (χ4v) is 2.21. The van der Waals surface area contributed by atoms with E-state index >= 15 is 0 Å². The molecule has 98 valence electrons. The van der Waals surface area contributed by atoms with Crippen molar-refractivity contribution in [2.45, 2.75) is 64.0 Å². The van der Waals surface area contributed by atoms with Crippen LogP contribution in [0, 0.1) is 0 Å². The summed E-state index contributed by atoms with van der Waals surface area (Å²) in [6.45, 7) is 5.48. The molecule has 0 aromatic rings. The summed E-state index contributed by atoms with van der Waals surface area (Å²) < 4.78 is 5.31. The average molecular weight is 241 g/mol.